The van der Waals surface area contributed by atoms with Gasteiger partial charge in [-0.25, -0.2) is 14.8 Å². The predicted octanol–water partition coefficient (Wildman–Crippen LogP) is 10.2. The Morgan fingerprint density at radius 1 is 0.659 bits per heavy atom. The van der Waals surface area contributed by atoms with E-state index in [1.54, 1.807) is 12.1 Å². The highest BCUT2D eigenvalue weighted by Gasteiger charge is 2.10. The first-order chi connectivity index (χ1) is 20.2. The van der Waals surface area contributed by atoms with Gasteiger partial charge in [0.25, 0.3) is 0 Å². The summed E-state index contributed by atoms with van der Waals surface area (Å²) in [4.78, 5) is 23.1. The number of aryl methyl sites for hydroxylation is 1. The van der Waals surface area contributed by atoms with Crippen LogP contribution >= 0.6 is 11.8 Å². The quantitative estimate of drug-likeness (QED) is 0.0584. The summed E-state index contributed by atoms with van der Waals surface area (Å²) in [6.45, 7) is 4.47. The first kappa shape index (κ1) is 30.5. The molecule has 0 N–H and O–H groups in total. The number of nitrogens with zero attached hydrogens (tertiary/aromatic N) is 2. The summed E-state index contributed by atoms with van der Waals surface area (Å²) < 4.78 is 5.62. The third-order valence-electron chi connectivity index (χ3n) is 7.17. The van der Waals surface area contributed by atoms with Gasteiger partial charge in [0.05, 0.1) is 5.56 Å². The molecule has 0 atom stereocenters. The minimum atomic E-state index is -0.376. The molecule has 0 spiro atoms. The Hall–Kier alpha value is -3.44. The van der Waals surface area contributed by atoms with Crippen molar-refractivity contribution in [2.75, 3.05) is 5.75 Å². The highest BCUT2D eigenvalue weighted by molar-refractivity contribution is 7.99. The van der Waals surface area contributed by atoms with E-state index in [4.69, 9.17) is 4.74 Å². The topological polar surface area (TPSA) is 52.1 Å². The molecule has 0 fully saturated rings. The first-order valence-corrected chi connectivity index (χ1v) is 16.1. The minimum Gasteiger partial charge on any atom is -0.423 e. The molecule has 0 aliphatic heterocycles. The van der Waals surface area contributed by atoms with Gasteiger partial charge in [-0.1, -0.05) is 83.1 Å². The molecule has 0 bridgehead atoms. The zero-order chi connectivity index (χ0) is 28.7. The number of ether oxygens (including phenoxy) is 1. The van der Waals surface area contributed by atoms with Crippen LogP contribution in [0, 0.1) is 0 Å². The van der Waals surface area contributed by atoms with Gasteiger partial charge >= 0.3 is 5.97 Å². The van der Waals surface area contributed by atoms with Crippen LogP contribution in [0.15, 0.2) is 90.1 Å². The summed E-state index contributed by atoms with van der Waals surface area (Å²) in [5.41, 5.74) is 4.79. The van der Waals surface area contributed by atoms with E-state index in [9.17, 15) is 4.79 Å². The van der Waals surface area contributed by atoms with Gasteiger partial charge in [0, 0.05) is 22.9 Å². The van der Waals surface area contributed by atoms with Crippen molar-refractivity contribution in [3.63, 3.8) is 0 Å². The van der Waals surface area contributed by atoms with Crippen LogP contribution in [-0.4, -0.2) is 21.7 Å². The highest BCUT2D eigenvalue weighted by Crippen LogP contribution is 2.26. The fraction of sp³-hybridized carbons (Fsp3) is 0.361. The van der Waals surface area contributed by atoms with E-state index < -0.39 is 0 Å². The van der Waals surface area contributed by atoms with Crippen LogP contribution in [-0.2, 0) is 6.42 Å². The van der Waals surface area contributed by atoms with Gasteiger partial charge in [-0.2, -0.15) is 0 Å². The molecule has 41 heavy (non-hydrogen) atoms. The third kappa shape index (κ3) is 9.86. The van der Waals surface area contributed by atoms with Gasteiger partial charge in [0.1, 0.15) is 5.75 Å². The SMILES string of the molecule is CCCCCCCSc1ccc(-c2ccc(C(=O)Oc3ccc(-c4ncc(CCCCCC)cn4)cc3)cc2)cc1. The Labute approximate surface area is 250 Å². The Bertz CT molecular complexity index is 1320. The van der Waals surface area contributed by atoms with Gasteiger partial charge in [0.2, 0.25) is 0 Å². The average molecular weight is 567 g/mol. The molecule has 0 aliphatic carbocycles. The first-order valence-electron chi connectivity index (χ1n) is 15.1. The summed E-state index contributed by atoms with van der Waals surface area (Å²) in [5.74, 6) is 1.96. The van der Waals surface area contributed by atoms with Crippen molar-refractivity contribution in [1.82, 2.24) is 9.97 Å². The lowest BCUT2D eigenvalue weighted by Gasteiger charge is -2.08. The minimum absolute atomic E-state index is 0.376. The summed E-state index contributed by atoms with van der Waals surface area (Å²) >= 11 is 1.93. The van der Waals surface area contributed by atoms with Crippen molar-refractivity contribution in [3.05, 3.63) is 96.3 Å². The maximum atomic E-state index is 12.8. The molecule has 0 amide bonds. The molecular weight excluding hydrogens is 524 g/mol. The van der Waals surface area contributed by atoms with Crippen molar-refractivity contribution in [1.29, 1.82) is 0 Å². The van der Waals surface area contributed by atoms with Crippen LogP contribution in [0.4, 0.5) is 0 Å². The molecular formula is C36H42N2O2S. The van der Waals surface area contributed by atoms with E-state index in [1.165, 1.54) is 74.0 Å². The number of thioether (sulfide) groups is 1. The van der Waals surface area contributed by atoms with Crippen molar-refractivity contribution < 1.29 is 9.53 Å². The van der Waals surface area contributed by atoms with Gasteiger partial charge in [-0.05, 0) is 90.2 Å². The van der Waals surface area contributed by atoms with Crippen molar-refractivity contribution in [2.24, 2.45) is 0 Å². The molecule has 4 nitrogen and oxygen atoms in total. The van der Waals surface area contributed by atoms with Crippen LogP contribution in [0.25, 0.3) is 22.5 Å². The van der Waals surface area contributed by atoms with Gasteiger partial charge in [0.15, 0.2) is 5.82 Å². The van der Waals surface area contributed by atoms with Crippen LogP contribution in [0.1, 0.15) is 87.6 Å². The number of esters is 1. The number of carbonyl (C=O) groups excluding carboxylic acids is 1. The van der Waals surface area contributed by atoms with Crippen molar-refractivity contribution in [3.8, 4) is 28.3 Å². The summed E-state index contributed by atoms with van der Waals surface area (Å²) in [6.07, 6.45) is 16.3. The molecule has 0 unspecified atom stereocenters. The smallest absolute Gasteiger partial charge is 0.343 e. The van der Waals surface area contributed by atoms with Gasteiger partial charge in [-0.3, -0.25) is 0 Å². The van der Waals surface area contributed by atoms with Crippen molar-refractivity contribution in [2.45, 2.75) is 83.0 Å². The van der Waals surface area contributed by atoms with E-state index in [1.807, 2.05) is 60.6 Å². The van der Waals surface area contributed by atoms with E-state index in [0.717, 1.165) is 23.1 Å². The van der Waals surface area contributed by atoms with Gasteiger partial charge in [-0.15, -0.1) is 11.8 Å². The lowest BCUT2D eigenvalue weighted by molar-refractivity contribution is 0.0735. The maximum Gasteiger partial charge on any atom is 0.343 e. The lowest BCUT2D eigenvalue weighted by Crippen LogP contribution is -2.08. The molecule has 1 aromatic heterocycles. The van der Waals surface area contributed by atoms with E-state index in [2.05, 4.69) is 48.1 Å². The van der Waals surface area contributed by atoms with Crippen LogP contribution in [0.2, 0.25) is 0 Å². The van der Waals surface area contributed by atoms with Crippen LogP contribution < -0.4 is 4.74 Å². The molecule has 0 radical (unpaired) electrons. The summed E-state index contributed by atoms with van der Waals surface area (Å²) in [5, 5.41) is 0. The van der Waals surface area contributed by atoms with E-state index >= 15 is 0 Å². The number of benzene rings is 3. The Morgan fingerprint density at radius 2 is 1.22 bits per heavy atom. The van der Waals surface area contributed by atoms with E-state index in [0.29, 0.717) is 17.1 Å². The fourth-order valence-electron chi connectivity index (χ4n) is 4.66. The van der Waals surface area contributed by atoms with E-state index in [-0.39, 0.29) is 5.97 Å². The second-order valence-corrected chi connectivity index (χ2v) is 11.7. The number of hydrogen-bond acceptors (Lipinski definition) is 5. The molecule has 4 aromatic rings. The highest BCUT2D eigenvalue weighted by atomic mass is 32.2. The number of unbranched alkanes of at least 4 members (excludes halogenated alkanes) is 7. The van der Waals surface area contributed by atoms with Crippen molar-refractivity contribution >= 4 is 17.7 Å². The van der Waals surface area contributed by atoms with Gasteiger partial charge < -0.3 is 4.74 Å². The molecule has 3 aromatic carbocycles. The molecule has 5 heteroatoms. The number of aromatic nitrogens is 2. The lowest BCUT2D eigenvalue weighted by atomic mass is 10.0. The standard InChI is InChI=1S/C36H42N2O2S/c1-3-5-7-9-11-25-41-34-23-19-30(20-24-34)29-13-15-32(16-14-29)36(39)40-33-21-17-31(18-22-33)35-37-26-28(27-38-35)12-10-8-6-4-2/h13-24,26-27H,3-12,25H2,1-2H3. The largest absolute Gasteiger partial charge is 0.423 e. The predicted molar refractivity (Wildman–Crippen MR) is 172 cm³/mol. The Kier molecular flexibility index (Phi) is 12.5. The Balaban J connectivity index is 1.26. The molecule has 0 aliphatic rings. The summed E-state index contributed by atoms with van der Waals surface area (Å²) in [6, 6.07) is 23.6. The zero-order valence-electron chi connectivity index (χ0n) is 24.5. The normalized spacial score (nSPS) is 11.0. The fourth-order valence-corrected chi connectivity index (χ4v) is 5.58. The number of rotatable bonds is 16. The second-order valence-electron chi connectivity index (χ2n) is 10.5. The van der Waals surface area contributed by atoms with Crippen LogP contribution in [0.5, 0.6) is 5.75 Å². The number of carbonyl (C=O) groups is 1. The molecule has 4 rings (SSSR count). The Morgan fingerprint density at radius 3 is 1.85 bits per heavy atom. The zero-order valence-corrected chi connectivity index (χ0v) is 25.3. The molecule has 214 valence electrons. The summed E-state index contributed by atoms with van der Waals surface area (Å²) in [7, 11) is 0. The third-order valence-corrected chi connectivity index (χ3v) is 8.27. The molecule has 1 heterocycles. The van der Waals surface area contributed by atoms with Crippen LogP contribution in [0.3, 0.4) is 0 Å². The number of hydrogen-bond donors (Lipinski definition) is 0. The maximum absolute atomic E-state index is 12.8. The average Bonchev–Trinajstić information content (AvgIpc) is 3.02. The monoisotopic (exact) mass is 566 g/mol. The molecule has 0 saturated carbocycles. The second kappa shape index (κ2) is 16.7. The molecule has 0 saturated heterocycles.